The van der Waals surface area contributed by atoms with Crippen molar-refractivity contribution in [3.63, 3.8) is 0 Å². The number of imide groups is 1. The van der Waals surface area contributed by atoms with Crippen molar-refractivity contribution in [3.8, 4) is 5.75 Å². The smallest absolute Gasteiger partial charge is 0.249 e. The molecular weight excluding hydrogens is 360 g/mol. The molecule has 1 unspecified atom stereocenters. The van der Waals surface area contributed by atoms with Gasteiger partial charge in [-0.1, -0.05) is 6.07 Å². The lowest BCUT2D eigenvalue weighted by atomic mass is 10.0. The molecule has 0 aliphatic carbocycles. The van der Waals surface area contributed by atoms with E-state index in [0.29, 0.717) is 24.3 Å². The van der Waals surface area contributed by atoms with E-state index in [1.54, 1.807) is 14.1 Å². The molecule has 2 heterocycles. The number of para-hydroxylation sites is 1. The third kappa shape index (κ3) is 4.27. The monoisotopic (exact) mass is 388 g/mol. The maximum Gasteiger partial charge on any atom is 0.249 e. The number of anilines is 2. The largest absolute Gasteiger partial charge is 0.488 e. The number of likely N-dealkylation sites (N-methyl/N-ethyl adjacent to an activating group) is 1. The van der Waals surface area contributed by atoms with Crippen LogP contribution >= 0.6 is 0 Å². The van der Waals surface area contributed by atoms with Crippen LogP contribution in [0.5, 0.6) is 5.75 Å². The standard InChI is InChI=1S/C20H28N4O4/c1-22-11-9-14(10-12-22)28-17-6-4-5-15(19(17)23(2)13-25)24(3)16-7-8-18(26)21-20(16)27/h4-6,13-14,16H,7-12H2,1-3H3,(H,21,26,27). The number of carbonyl (C=O) groups excluding carboxylic acids is 3. The zero-order chi connectivity index (χ0) is 20.3. The molecule has 0 aromatic heterocycles. The number of ether oxygens (including phenoxy) is 1. The highest BCUT2D eigenvalue weighted by Gasteiger charge is 2.32. The van der Waals surface area contributed by atoms with E-state index in [-0.39, 0.29) is 17.9 Å². The van der Waals surface area contributed by atoms with Crippen molar-refractivity contribution >= 4 is 29.6 Å². The zero-order valence-electron chi connectivity index (χ0n) is 16.7. The third-order valence-corrected chi connectivity index (χ3v) is 5.51. The number of hydrogen-bond donors (Lipinski definition) is 1. The maximum atomic E-state index is 12.3. The Kier molecular flexibility index (Phi) is 6.18. The molecular formula is C20H28N4O4. The first kappa shape index (κ1) is 20.1. The summed E-state index contributed by atoms with van der Waals surface area (Å²) < 4.78 is 6.27. The number of hydrogen-bond acceptors (Lipinski definition) is 6. The van der Waals surface area contributed by atoms with Gasteiger partial charge in [0.05, 0.1) is 5.69 Å². The highest BCUT2D eigenvalue weighted by molar-refractivity contribution is 6.02. The van der Waals surface area contributed by atoms with Crippen LogP contribution in [-0.2, 0) is 14.4 Å². The second kappa shape index (κ2) is 8.60. The number of benzene rings is 1. The SMILES string of the molecule is CN1CCC(Oc2cccc(N(C)C3CCC(=O)NC3=O)c2N(C)C=O)CC1. The van der Waals surface area contributed by atoms with Gasteiger partial charge in [0.1, 0.15) is 23.6 Å². The first-order chi connectivity index (χ1) is 13.4. The van der Waals surface area contributed by atoms with E-state index in [1.807, 2.05) is 23.1 Å². The molecule has 1 N–H and O–H groups in total. The van der Waals surface area contributed by atoms with Gasteiger partial charge in [-0.25, -0.2) is 0 Å². The van der Waals surface area contributed by atoms with Gasteiger partial charge in [0.25, 0.3) is 0 Å². The topological polar surface area (TPSA) is 82.2 Å². The fourth-order valence-electron chi connectivity index (χ4n) is 3.80. The molecule has 0 bridgehead atoms. The Morgan fingerprint density at radius 2 is 1.89 bits per heavy atom. The van der Waals surface area contributed by atoms with Crippen molar-refractivity contribution in [1.29, 1.82) is 0 Å². The van der Waals surface area contributed by atoms with Crippen LogP contribution in [0.1, 0.15) is 25.7 Å². The van der Waals surface area contributed by atoms with Crippen molar-refractivity contribution < 1.29 is 19.1 Å². The highest BCUT2D eigenvalue weighted by atomic mass is 16.5. The minimum atomic E-state index is -0.477. The van der Waals surface area contributed by atoms with Gasteiger partial charge < -0.3 is 19.4 Å². The molecule has 2 aliphatic rings. The number of carbonyl (C=O) groups is 3. The molecule has 1 aromatic carbocycles. The average molecular weight is 388 g/mol. The van der Waals surface area contributed by atoms with Crippen LogP contribution in [0.25, 0.3) is 0 Å². The van der Waals surface area contributed by atoms with Crippen LogP contribution in [0, 0.1) is 0 Å². The molecule has 2 fully saturated rings. The van der Waals surface area contributed by atoms with E-state index in [1.165, 1.54) is 4.90 Å². The Hall–Kier alpha value is -2.61. The van der Waals surface area contributed by atoms with E-state index in [4.69, 9.17) is 4.74 Å². The minimum Gasteiger partial charge on any atom is -0.488 e. The number of amides is 3. The number of nitrogens with zero attached hydrogens (tertiary/aromatic N) is 3. The van der Waals surface area contributed by atoms with Gasteiger partial charge in [0.2, 0.25) is 18.2 Å². The summed E-state index contributed by atoms with van der Waals surface area (Å²) in [6, 6.07) is 5.11. The van der Waals surface area contributed by atoms with E-state index in [0.717, 1.165) is 38.0 Å². The van der Waals surface area contributed by atoms with Crippen molar-refractivity contribution in [3.05, 3.63) is 18.2 Å². The maximum absolute atomic E-state index is 12.3. The highest BCUT2D eigenvalue weighted by Crippen LogP contribution is 2.39. The number of nitrogens with one attached hydrogen (secondary N) is 1. The second-order valence-corrected chi connectivity index (χ2v) is 7.54. The van der Waals surface area contributed by atoms with Crippen LogP contribution in [0.3, 0.4) is 0 Å². The van der Waals surface area contributed by atoms with E-state index >= 15 is 0 Å². The number of piperidine rings is 2. The van der Waals surface area contributed by atoms with Crippen molar-refractivity contribution in [1.82, 2.24) is 10.2 Å². The first-order valence-electron chi connectivity index (χ1n) is 9.63. The lowest BCUT2D eigenvalue weighted by Crippen LogP contribution is -2.51. The van der Waals surface area contributed by atoms with E-state index < -0.39 is 6.04 Å². The molecule has 2 aliphatic heterocycles. The molecule has 0 saturated carbocycles. The molecule has 152 valence electrons. The summed E-state index contributed by atoms with van der Waals surface area (Å²) in [5.41, 5.74) is 1.35. The lowest BCUT2D eigenvalue weighted by molar-refractivity contribution is -0.134. The molecule has 3 amide bonds. The van der Waals surface area contributed by atoms with Gasteiger partial charge in [0, 0.05) is 33.6 Å². The molecule has 28 heavy (non-hydrogen) atoms. The summed E-state index contributed by atoms with van der Waals surface area (Å²) >= 11 is 0. The van der Waals surface area contributed by atoms with Crippen LogP contribution in [0.4, 0.5) is 11.4 Å². The Morgan fingerprint density at radius 1 is 1.18 bits per heavy atom. The normalized spacial score (nSPS) is 21.2. The first-order valence-corrected chi connectivity index (χ1v) is 9.63. The predicted molar refractivity (Wildman–Crippen MR) is 107 cm³/mol. The molecule has 1 atom stereocenters. The Morgan fingerprint density at radius 3 is 2.54 bits per heavy atom. The van der Waals surface area contributed by atoms with Crippen molar-refractivity contribution in [2.24, 2.45) is 0 Å². The Labute approximate surface area is 165 Å². The summed E-state index contributed by atoms with van der Waals surface area (Å²) in [6.07, 6.45) is 3.41. The van der Waals surface area contributed by atoms with Crippen LogP contribution < -0.4 is 19.9 Å². The summed E-state index contributed by atoms with van der Waals surface area (Å²) in [6.45, 7) is 1.94. The number of likely N-dealkylation sites (tertiary alicyclic amines) is 1. The molecule has 0 radical (unpaired) electrons. The summed E-state index contributed by atoms with van der Waals surface area (Å²) in [4.78, 5) is 40.9. The van der Waals surface area contributed by atoms with Gasteiger partial charge in [-0.15, -0.1) is 0 Å². The zero-order valence-corrected chi connectivity index (χ0v) is 16.7. The van der Waals surface area contributed by atoms with E-state index in [2.05, 4.69) is 17.3 Å². The fourth-order valence-corrected chi connectivity index (χ4v) is 3.80. The number of rotatable bonds is 6. The molecule has 2 saturated heterocycles. The Balaban J connectivity index is 1.89. The van der Waals surface area contributed by atoms with Crippen molar-refractivity contribution in [2.45, 2.75) is 37.8 Å². The van der Waals surface area contributed by atoms with Crippen molar-refractivity contribution in [2.75, 3.05) is 44.0 Å². The average Bonchev–Trinajstić information content (AvgIpc) is 2.68. The lowest BCUT2D eigenvalue weighted by Gasteiger charge is -2.35. The van der Waals surface area contributed by atoms with Crippen LogP contribution in [0.2, 0.25) is 0 Å². The van der Waals surface area contributed by atoms with Crippen LogP contribution in [0.15, 0.2) is 18.2 Å². The van der Waals surface area contributed by atoms with Gasteiger partial charge in [0.15, 0.2) is 0 Å². The summed E-state index contributed by atoms with van der Waals surface area (Å²) in [5, 5.41) is 2.39. The molecule has 8 heteroatoms. The van der Waals surface area contributed by atoms with Gasteiger partial charge in [-0.3, -0.25) is 19.7 Å². The fraction of sp³-hybridized carbons (Fsp3) is 0.550. The van der Waals surface area contributed by atoms with Gasteiger partial charge >= 0.3 is 0 Å². The second-order valence-electron chi connectivity index (χ2n) is 7.54. The molecule has 1 aromatic rings. The molecule has 3 rings (SSSR count). The summed E-state index contributed by atoms with van der Waals surface area (Å²) in [5.74, 6) is 0.0557. The van der Waals surface area contributed by atoms with E-state index in [9.17, 15) is 14.4 Å². The predicted octanol–water partition coefficient (Wildman–Crippen LogP) is 0.994. The third-order valence-electron chi connectivity index (χ3n) is 5.51. The van der Waals surface area contributed by atoms with Gasteiger partial charge in [-0.2, -0.15) is 0 Å². The quantitative estimate of drug-likeness (QED) is 0.578. The minimum absolute atomic E-state index is 0.0890. The Bertz CT molecular complexity index is 746. The molecule has 0 spiro atoms. The summed E-state index contributed by atoms with van der Waals surface area (Å²) in [7, 11) is 5.57. The van der Waals surface area contributed by atoms with Crippen LogP contribution in [-0.4, -0.2) is 69.5 Å². The van der Waals surface area contributed by atoms with Gasteiger partial charge in [-0.05, 0) is 38.4 Å². The molecule has 8 nitrogen and oxygen atoms in total.